The third-order valence-electron chi connectivity index (χ3n) is 4.32. The van der Waals surface area contributed by atoms with E-state index in [1.165, 1.54) is 0 Å². The highest BCUT2D eigenvalue weighted by atomic mass is 19.4. The number of alkyl halides is 18. The maximum atomic E-state index is 13.0. The summed E-state index contributed by atoms with van der Waals surface area (Å²) in [4.78, 5) is 20.9. The molecule has 5 nitrogen and oxygen atoms in total. The number of aliphatic hydroxyl groups excluding tert-OH is 1. The van der Waals surface area contributed by atoms with Crippen LogP contribution in [0.3, 0.4) is 0 Å². The number of rotatable bonds is 13. The molecule has 42 heavy (non-hydrogen) atoms. The van der Waals surface area contributed by atoms with Crippen molar-refractivity contribution in [3.63, 3.8) is 0 Å². The highest BCUT2D eigenvalue weighted by Crippen LogP contribution is 2.55. The molecule has 0 heterocycles. The monoisotopic (exact) mass is 666 g/mol. The Morgan fingerprint density at radius 3 is 1.26 bits per heavy atom. The first-order valence-corrected chi connectivity index (χ1v) is 9.97. The Morgan fingerprint density at radius 1 is 0.595 bits per heavy atom. The van der Waals surface area contributed by atoms with Gasteiger partial charge in [-0.2, -0.15) is 79.0 Å². The summed E-state index contributed by atoms with van der Waals surface area (Å²) in [6, 6.07) is 0. The number of halogens is 18. The number of carbonyl (C=O) groups is 2. The molecule has 0 saturated carbocycles. The predicted octanol–water partition coefficient (Wildman–Crippen LogP) is 6.51. The molecule has 0 amide bonds. The van der Waals surface area contributed by atoms with E-state index in [0.29, 0.717) is 12.2 Å². The normalized spacial score (nSPS) is 14.7. The third-order valence-corrected chi connectivity index (χ3v) is 4.32. The first-order valence-electron chi connectivity index (χ1n) is 9.97. The topological polar surface area (TPSA) is 72.8 Å². The number of esters is 2. The lowest BCUT2D eigenvalue weighted by molar-refractivity contribution is -0.398. The van der Waals surface area contributed by atoms with Crippen LogP contribution in [-0.2, 0) is 19.1 Å². The zero-order chi connectivity index (χ0) is 34.4. The van der Waals surface area contributed by atoms with E-state index in [9.17, 15) is 88.6 Å². The Labute approximate surface area is 221 Å². The molecule has 0 spiro atoms. The molecule has 0 saturated heterocycles. The number of aliphatic hydroxyl groups is 1. The second kappa shape index (κ2) is 13.6. The van der Waals surface area contributed by atoms with Gasteiger partial charge in [0.1, 0.15) is 6.61 Å². The van der Waals surface area contributed by atoms with Crippen LogP contribution in [0, 0.1) is 0 Å². The maximum absolute atomic E-state index is 13.0. The van der Waals surface area contributed by atoms with Crippen molar-refractivity contribution in [1.82, 2.24) is 0 Å². The maximum Gasteiger partial charge on any atom is 0.460 e. The van der Waals surface area contributed by atoms with Gasteiger partial charge in [-0.15, -0.1) is 0 Å². The van der Waals surface area contributed by atoms with E-state index >= 15 is 0 Å². The molecule has 0 aliphatic rings. The van der Waals surface area contributed by atoms with Crippen molar-refractivity contribution in [2.24, 2.45) is 0 Å². The van der Waals surface area contributed by atoms with Crippen LogP contribution in [-0.4, -0.2) is 84.3 Å². The van der Waals surface area contributed by atoms with Crippen LogP contribution in [0.5, 0.6) is 0 Å². The molecule has 0 fully saturated rings. The minimum absolute atomic E-state index is 0.459. The second-order valence-electron chi connectivity index (χ2n) is 7.52. The SMILES string of the molecule is C=CC(=O)OCC(O)CC(F)(F)C(F)(F)C(F)(F)C(F)(F)F.C=CC(=O)OCCC(F)(F)C(F)(F)C(F)(F)C(F)(F)F. The van der Waals surface area contributed by atoms with E-state index in [-0.39, 0.29) is 0 Å². The Hall–Kier alpha value is -2.88. The summed E-state index contributed by atoms with van der Waals surface area (Å²) in [5.74, 6) is -41.7. The molecule has 1 atom stereocenters. The van der Waals surface area contributed by atoms with Gasteiger partial charge in [0, 0.05) is 18.6 Å². The van der Waals surface area contributed by atoms with Crippen molar-refractivity contribution in [1.29, 1.82) is 0 Å². The van der Waals surface area contributed by atoms with Crippen LogP contribution >= 0.6 is 0 Å². The summed E-state index contributed by atoms with van der Waals surface area (Å²) in [5.41, 5.74) is 0. The third kappa shape index (κ3) is 9.31. The first kappa shape index (κ1) is 41.3. The van der Waals surface area contributed by atoms with Gasteiger partial charge in [-0.1, -0.05) is 13.2 Å². The molecular formula is C19H16F18O5. The smallest absolute Gasteiger partial charge is 0.460 e. The quantitative estimate of drug-likeness (QED) is 0.138. The Kier molecular flexibility index (Phi) is 13.4. The number of ether oxygens (including phenoxy) is 2. The van der Waals surface area contributed by atoms with Gasteiger partial charge < -0.3 is 14.6 Å². The number of hydrogen-bond acceptors (Lipinski definition) is 5. The van der Waals surface area contributed by atoms with Gasteiger partial charge in [-0.3, -0.25) is 0 Å². The molecule has 0 radical (unpaired) electrons. The van der Waals surface area contributed by atoms with Gasteiger partial charge in [0.05, 0.1) is 19.1 Å². The Balaban J connectivity index is 0. The first-order chi connectivity index (χ1) is 18.3. The summed E-state index contributed by atoms with van der Waals surface area (Å²) in [6.45, 7) is 2.87. The number of carbonyl (C=O) groups excluding carboxylic acids is 2. The molecule has 1 N–H and O–H groups in total. The summed E-state index contributed by atoms with van der Waals surface area (Å²) >= 11 is 0. The standard InChI is InChI=1S/C10H9F9O3.C9H7F9O2/c1-2-6(21)22-4-5(20)3-7(11,12)8(13,14)9(15,16)10(17,18)19;1-2-5(19)20-4-3-6(10,11)7(12,13)8(14,15)9(16,17)18/h2,5,20H,1,3-4H2;2H,1,3-4H2. The van der Waals surface area contributed by atoms with Gasteiger partial charge in [0.25, 0.3) is 0 Å². The minimum atomic E-state index is -7.03. The average Bonchev–Trinajstić information content (AvgIpc) is 2.80. The summed E-state index contributed by atoms with van der Waals surface area (Å²) in [6.07, 6.45) is -20.1. The van der Waals surface area contributed by atoms with Crippen molar-refractivity contribution < 1.29 is 103 Å². The molecule has 0 bridgehead atoms. The molecule has 0 aromatic heterocycles. The molecule has 0 aromatic rings. The molecule has 0 aromatic carbocycles. The highest BCUT2D eigenvalue weighted by molar-refractivity contribution is 5.81. The second-order valence-corrected chi connectivity index (χ2v) is 7.52. The van der Waals surface area contributed by atoms with E-state index < -0.39 is 92.0 Å². The minimum Gasteiger partial charge on any atom is -0.462 e. The van der Waals surface area contributed by atoms with Gasteiger partial charge in [-0.05, 0) is 0 Å². The molecule has 23 heteroatoms. The molecule has 1 unspecified atom stereocenters. The fourth-order valence-corrected chi connectivity index (χ4v) is 2.03. The van der Waals surface area contributed by atoms with Crippen LogP contribution in [0.25, 0.3) is 0 Å². The van der Waals surface area contributed by atoms with Gasteiger partial charge in [0.2, 0.25) is 0 Å². The molecule has 0 aliphatic carbocycles. The molecule has 0 aliphatic heterocycles. The van der Waals surface area contributed by atoms with E-state index in [0.717, 1.165) is 0 Å². The van der Waals surface area contributed by atoms with E-state index in [2.05, 4.69) is 22.6 Å². The zero-order valence-electron chi connectivity index (χ0n) is 19.9. The zero-order valence-corrected chi connectivity index (χ0v) is 19.9. The summed E-state index contributed by atoms with van der Waals surface area (Å²) in [7, 11) is 0. The van der Waals surface area contributed by atoms with Crippen molar-refractivity contribution in [3.8, 4) is 0 Å². The van der Waals surface area contributed by atoms with Crippen LogP contribution in [0.15, 0.2) is 25.3 Å². The largest absolute Gasteiger partial charge is 0.462 e. The van der Waals surface area contributed by atoms with E-state index in [1.54, 1.807) is 0 Å². The van der Waals surface area contributed by atoms with E-state index in [1.807, 2.05) is 0 Å². The van der Waals surface area contributed by atoms with E-state index in [4.69, 9.17) is 5.11 Å². The average molecular weight is 666 g/mol. The predicted molar refractivity (Wildman–Crippen MR) is 99.3 cm³/mol. The highest BCUT2D eigenvalue weighted by Gasteiger charge is 2.82. The fourth-order valence-electron chi connectivity index (χ4n) is 2.03. The lowest BCUT2D eigenvalue weighted by Gasteiger charge is -2.34. The lowest BCUT2D eigenvalue weighted by Crippen LogP contribution is -2.61. The molecular weight excluding hydrogens is 650 g/mol. The van der Waals surface area contributed by atoms with Crippen molar-refractivity contribution in [2.75, 3.05) is 13.2 Å². The van der Waals surface area contributed by atoms with Crippen LogP contribution in [0.2, 0.25) is 0 Å². The van der Waals surface area contributed by atoms with Crippen LogP contribution in [0.4, 0.5) is 79.0 Å². The Morgan fingerprint density at radius 2 is 0.929 bits per heavy atom. The molecule has 248 valence electrons. The van der Waals surface area contributed by atoms with Crippen molar-refractivity contribution >= 4 is 11.9 Å². The van der Waals surface area contributed by atoms with Crippen LogP contribution in [0.1, 0.15) is 12.8 Å². The van der Waals surface area contributed by atoms with Crippen molar-refractivity contribution in [3.05, 3.63) is 25.3 Å². The van der Waals surface area contributed by atoms with Crippen LogP contribution < -0.4 is 0 Å². The molecule has 0 rings (SSSR count). The fraction of sp³-hybridized carbons (Fsp3) is 0.684. The lowest BCUT2D eigenvalue weighted by atomic mass is 9.98. The number of hydrogen-bond donors (Lipinski definition) is 1. The van der Waals surface area contributed by atoms with Gasteiger partial charge in [-0.25, -0.2) is 9.59 Å². The Bertz CT molecular complexity index is 938. The van der Waals surface area contributed by atoms with Gasteiger partial charge >= 0.3 is 59.8 Å². The van der Waals surface area contributed by atoms with Gasteiger partial charge in [0.15, 0.2) is 0 Å². The summed E-state index contributed by atoms with van der Waals surface area (Å²) < 4.78 is 231. The van der Waals surface area contributed by atoms with Crippen molar-refractivity contribution in [2.45, 2.75) is 66.8 Å². The summed E-state index contributed by atoms with van der Waals surface area (Å²) in [5, 5.41) is 8.91.